The molecule has 0 aliphatic heterocycles. The van der Waals surface area contributed by atoms with Gasteiger partial charge in [-0.1, -0.05) is 17.7 Å². The van der Waals surface area contributed by atoms with Crippen LogP contribution in [-0.4, -0.2) is 29.6 Å². The number of pyridine rings is 2. The molecule has 4 aromatic rings. The minimum atomic E-state index is -0.595. The molecule has 0 saturated heterocycles. The van der Waals surface area contributed by atoms with Gasteiger partial charge >= 0.3 is 0 Å². The van der Waals surface area contributed by atoms with E-state index in [1.807, 2.05) is 18.2 Å². The van der Waals surface area contributed by atoms with Crippen LogP contribution in [0.25, 0.3) is 22.0 Å². The number of H-pyrrole nitrogens is 1. The van der Waals surface area contributed by atoms with E-state index in [0.717, 1.165) is 27.8 Å². The van der Waals surface area contributed by atoms with Gasteiger partial charge in [0.05, 0.1) is 29.8 Å². The van der Waals surface area contributed by atoms with Crippen molar-refractivity contribution in [3.8, 4) is 22.6 Å². The third-order valence-electron chi connectivity index (χ3n) is 5.09. The van der Waals surface area contributed by atoms with E-state index in [1.165, 1.54) is 0 Å². The van der Waals surface area contributed by atoms with Crippen molar-refractivity contribution in [2.45, 2.75) is 6.42 Å². The number of nitrogens with zero attached hydrogens (tertiary/aromatic N) is 1. The van der Waals surface area contributed by atoms with Crippen molar-refractivity contribution >= 4 is 28.4 Å². The number of ether oxygens (including phenoxy) is 2. The molecule has 8 heteroatoms. The van der Waals surface area contributed by atoms with Crippen molar-refractivity contribution < 1.29 is 14.3 Å². The first kappa shape index (κ1) is 21.4. The Labute approximate surface area is 188 Å². The molecule has 0 spiro atoms. The summed E-state index contributed by atoms with van der Waals surface area (Å²) in [5.41, 5.74) is 8.21. The monoisotopic (exact) mass is 449 g/mol. The van der Waals surface area contributed by atoms with E-state index in [2.05, 4.69) is 9.97 Å². The average Bonchev–Trinajstić information content (AvgIpc) is 2.79. The van der Waals surface area contributed by atoms with Gasteiger partial charge in [-0.2, -0.15) is 0 Å². The minimum absolute atomic E-state index is 0.193. The van der Waals surface area contributed by atoms with Gasteiger partial charge in [-0.3, -0.25) is 14.6 Å². The lowest BCUT2D eigenvalue weighted by Crippen LogP contribution is -2.15. The van der Waals surface area contributed by atoms with Gasteiger partial charge in [-0.15, -0.1) is 0 Å². The fraction of sp³-hybridized carbons (Fsp3) is 0.125. The number of halogens is 1. The van der Waals surface area contributed by atoms with Crippen molar-refractivity contribution in [2.24, 2.45) is 5.73 Å². The summed E-state index contributed by atoms with van der Waals surface area (Å²) in [4.78, 5) is 30.8. The molecule has 0 saturated carbocycles. The van der Waals surface area contributed by atoms with Crippen LogP contribution in [0.4, 0.5) is 0 Å². The smallest absolute Gasteiger partial charge is 0.251 e. The lowest BCUT2D eigenvalue weighted by molar-refractivity contribution is 0.100. The number of rotatable bonds is 7. The Bertz CT molecular complexity index is 1370. The molecule has 0 aliphatic rings. The topological polar surface area (TPSA) is 107 Å². The van der Waals surface area contributed by atoms with Gasteiger partial charge < -0.3 is 20.2 Å². The maximum Gasteiger partial charge on any atom is 0.251 e. The summed E-state index contributed by atoms with van der Waals surface area (Å²) in [6, 6.07) is 14.1. The lowest BCUT2D eigenvalue weighted by Gasteiger charge is -2.10. The second kappa shape index (κ2) is 9.11. The summed E-state index contributed by atoms with van der Waals surface area (Å²) >= 11 is 6.16. The Kier molecular flexibility index (Phi) is 6.09. The van der Waals surface area contributed by atoms with E-state index in [-0.39, 0.29) is 16.1 Å². The summed E-state index contributed by atoms with van der Waals surface area (Å²) in [6.45, 7) is 0.305. The van der Waals surface area contributed by atoms with Crippen LogP contribution in [0, 0.1) is 0 Å². The summed E-state index contributed by atoms with van der Waals surface area (Å²) < 4.78 is 11.2. The number of primary amides is 1. The third kappa shape index (κ3) is 4.43. The molecule has 32 heavy (non-hydrogen) atoms. The Balaban J connectivity index is 1.52. The van der Waals surface area contributed by atoms with E-state index < -0.39 is 5.91 Å². The van der Waals surface area contributed by atoms with Crippen LogP contribution < -0.4 is 20.8 Å². The van der Waals surface area contributed by atoms with Crippen LogP contribution in [-0.2, 0) is 6.42 Å². The zero-order valence-corrected chi connectivity index (χ0v) is 18.0. The second-order valence-electron chi connectivity index (χ2n) is 7.09. The number of fused-ring (bicyclic) bond motifs is 1. The highest BCUT2D eigenvalue weighted by Gasteiger charge is 2.11. The highest BCUT2D eigenvalue weighted by molar-refractivity contribution is 6.34. The fourth-order valence-electron chi connectivity index (χ4n) is 3.40. The van der Waals surface area contributed by atoms with Gasteiger partial charge in [0.15, 0.2) is 0 Å². The molecule has 1 amide bonds. The molecule has 4 rings (SSSR count). The molecule has 2 aromatic carbocycles. The molecule has 0 radical (unpaired) electrons. The first-order chi connectivity index (χ1) is 15.5. The predicted octanol–water partition coefficient (Wildman–Crippen LogP) is 3.97. The number of carbonyl (C=O) groups excluding carboxylic acids is 1. The third-order valence-corrected chi connectivity index (χ3v) is 5.40. The summed E-state index contributed by atoms with van der Waals surface area (Å²) in [7, 11) is 1.60. The molecule has 0 unspecified atom stereocenters. The maximum atomic E-state index is 12.3. The van der Waals surface area contributed by atoms with E-state index >= 15 is 0 Å². The number of nitrogens with one attached hydrogen (secondary N) is 1. The van der Waals surface area contributed by atoms with Gasteiger partial charge in [-0.25, -0.2) is 0 Å². The minimum Gasteiger partial charge on any atom is -0.497 e. The van der Waals surface area contributed by atoms with Crippen LogP contribution in [0.3, 0.4) is 0 Å². The van der Waals surface area contributed by atoms with E-state index in [4.69, 9.17) is 26.8 Å². The molecule has 0 atom stereocenters. The number of carbonyl (C=O) groups is 1. The van der Waals surface area contributed by atoms with Gasteiger partial charge in [0.25, 0.3) is 5.56 Å². The zero-order chi connectivity index (χ0) is 22.7. The van der Waals surface area contributed by atoms with Crippen molar-refractivity contribution in [1.82, 2.24) is 9.97 Å². The summed E-state index contributed by atoms with van der Waals surface area (Å²) in [5.74, 6) is 0.802. The molecule has 2 aromatic heterocycles. The van der Waals surface area contributed by atoms with Gasteiger partial charge in [0.1, 0.15) is 11.5 Å². The Morgan fingerprint density at radius 1 is 1.12 bits per heavy atom. The molecule has 7 nitrogen and oxygen atoms in total. The number of benzene rings is 2. The van der Waals surface area contributed by atoms with Crippen LogP contribution in [0.2, 0.25) is 5.02 Å². The maximum absolute atomic E-state index is 12.3. The van der Waals surface area contributed by atoms with Crippen molar-refractivity contribution in [1.29, 1.82) is 0 Å². The number of nitrogens with two attached hydrogens (primary N) is 1. The quantitative estimate of drug-likeness (QED) is 0.444. The molecular weight excluding hydrogens is 430 g/mol. The fourth-order valence-corrected chi connectivity index (χ4v) is 3.68. The molecule has 0 fully saturated rings. The molecule has 0 bridgehead atoms. The number of aromatic amines is 1. The van der Waals surface area contributed by atoms with Gasteiger partial charge in [-0.05, 0) is 47.5 Å². The van der Waals surface area contributed by atoms with Crippen molar-refractivity contribution in [3.63, 3.8) is 0 Å². The highest BCUT2D eigenvalue weighted by Crippen LogP contribution is 2.28. The number of hydrogen-bond donors (Lipinski definition) is 2. The summed E-state index contributed by atoms with van der Waals surface area (Å²) in [6.07, 6.45) is 3.67. The normalized spacial score (nSPS) is 10.8. The zero-order valence-electron chi connectivity index (χ0n) is 17.2. The number of amides is 1. The number of hydrogen-bond acceptors (Lipinski definition) is 5. The summed E-state index contributed by atoms with van der Waals surface area (Å²) in [5, 5.41) is 1.12. The van der Waals surface area contributed by atoms with E-state index in [0.29, 0.717) is 24.3 Å². The molecule has 0 aliphatic carbocycles. The van der Waals surface area contributed by atoms with Crippen LogP contribution in [0.1, 0.15) is 15.9 Å². The molecule has 2 heterocycles. The molecule has 162 valence electrons. The predicted molar refractivity (Wildman–Crippen MR) is 124 cm³/mol. The molecular formula is C24H20ClN3O4. The molecule has 3 N–H and O–H groups in total. The number of aromatic nitrogens is 2. The van der Waals surface area contributed by atoms with Crippen molar-refractivity contribution in [2.75, 3.05) is 13.7 Å². The SMILES string of the molecule is COc1ccc2c(OCCc3cc(-c4ccc(C(N)=O)c(Cl)c4)c[nH]c3=O)ccnc2c1. The Hall–Kier alpha value is -3.84. The van der Waals surface area contributed by atoms with Gasteiger partial charge in [0.2, 0.25) is 5.91 Å². The highest BCUT2D eigenvalue weighted by atomic mass is 35.5. The number of methoxy groups -OCH3 is 1. The standard InChI is InChI=1S/C24H20ClN3O4/c1-31-17-3-5-19-21(12-17)27-8-6-22(19)32-9-7-15-10-16(13-28-24(15)30)14-2-4-18(23(26)29)20(25)11-14/h2-6,8,10-13H,7,9H2,1H3,(H2,26,29)(H,28,30). The van der Waals surface area contributed by atoms with Gasteiger partial charge in [0, 0.05) is 35.8 Å². The second-order valence-corrected chi connectivity index (χ2v) is 7.50. The largest absolute Gasteiger partial charge is 0.497 e. The first-order valence-corrected chi connectivity index (χ1v) is 10.2. The Morgan fingerprint density at radius 3 is 2.72 bits per heavy atom. The van der Waals surface area contributed by atoms with Crippen LogP contribution in [0.15, 0.2) is 65.7 Å². The average molecular weight is 450 g/mol. The van der Waals surface area contributed by atoms with Crippen LogP contribution >= 0.6 is 11.6 Å². The van der Waals surface area contributed by atoms with E-state index in [1.54, 1.807) is 49.8 Å². The van der Waals surface area contributed by atoms with Crippen LogP contribution in [0.5, 0.6) is 11.5 Å². The lowest BCUT2D eigenvalue weighted by atomic mass is 10.0. The first-order valence-electron chi connectivity index (χ1n) is 9.83. The van der Waals surface area contributed by atoms with Crippen molar-refractivity contribution in [3.05, 3.63) is 87.4 Å². The van der Waals surface area contributed by atoms with E-state index in [9.17, 15) is 9.59 Å². The Morgan fingerprint density at radius 2 is 1.97 bits per heavy atom.